The van der Waals surface area contributed by atoms with Crippen LogP contribution in [-0.4, -0.2) is 9.55 Å². The first kappa shape index (κ1) is 12.6. The monoisotopic (exact) mass is 245 g/mol. The Morgan fingerprint density at radius 2 is 2.17 bits per heavy atom. The van der Waals surface area contributed by atoms with Crippen molar-refractivity contribution >= 4 is 0 Å². The van der Waals surface area contributed by atoms with Crippen LogP contribution in [-0.2, 0) is 13.7 Å². The van der Waals surface area contributed by atoms with Crippen molar-refractivity contribution in [3.05, 3.63) is 48.0 Å². The number of aryl methyl sites for hydroxylation is 1. The van der Waals surface area contributed by atoms with E-state index in [1.165, 1.54) is 0 Å². The Morgan fingerprint density at radius 3 is 2.83 bits per heavy atom. The van der Waals surface area contributed by atoms with E-state index in [-0.39, 0.29) is 6.04 Å². The minimum absolute atomic E-state index is 0.0163. The summed E-state index contributed by atoms with van der Waals surface area (Å²) in [5.41, 5.74) is 7.12. The lowest BCUT2D eigenvalue weighted by Crippen LogP contribution is -2.11. The quantitative estimate of drug-likeness (QED) is 0.880. The first-order valence-corrected chi connectivity index (χ1v) is 6.16. The molecule has 96 valence electrons. The molecule has 0 aliphatic heterocycles. The largest absolute Gasteiger partial charge is 0.485 e. The fourth-order valence-electron chi connectivity index (χ4n) is 1.82. The molecule has 1 atom stereocenters. The molecule has 4 nitrogen and oxygen atoms in total. The van der Waals surface area contributed by atoms with E-state index in [1.807, 2.05) is 42.1 Å². The molecule has 0 spiro atoms. The highest BCUT2D eigenvalue weighted by Crippen LogP contribution is 2.25. The van der Waals surface area contributed by atoms with Crippen LogP contribution >= 0.6 is 0 Å². The second-order valence-electron chi connectivity index (χ2n) is 4.30. The van der Waals surface area contributed by atoms with E-state index in [2.05, 4.69) is 11.9 Å². The van der Waals surface area contributed by atoms with Crippen molar-refractivity contribution in [3.8, 4) is 5.75 Å². The molecule has 0 aliphatic rings. The molecule has 0 radical (unpaired) electrons. The highest BCUT2D eigenvalue weighted by atomic mass is 16.5. The molecular formula is C14H19N3O. The third-order valence-corrected chi connectivity index (χ3v) is 3.04. The highest BCUT2D eigenvalue weighted by Gasteiger charge is 2.10. The molecule has 2 N–H and O–H groups in total. The summed E-state index contributed by atoms with van der Waals surface area (Å²) in [5.74, 6) is 1.74. The third-order valence-electron chi connectivity index (χ3n) is 3.04. The van der Waals surface area contributed by atoms with Crippen LogP contribution in [0.1, 0.15) is 30.8 Å². The summed E-state index contributed by atoms with van der Waals surface area (Å²) in [6.45, 7) is 2.52. The summed E-state index contributed by atoms with van der Waals surface area (Å²) in [5, 5.41) is 0. The Labute approximate surface area is 107 Å². The van der Waals surface area contributed by atoms with Gasteiger partial charge in [0.2, 0.25) is 0 Å². The van der Waals surface area contributed by atoms with Crippen LogP contribution in [0.2, 0.25) is 0 Å². The second-order valence-corrected chi connectivity index (χ2v) is 4.30. The molecule has 2 aromatic rings. The average molecular weight is 245 g/mol. The molecule has 0 aliphatic carbocycles. The van der Waals surface area contributed by atoms with Gasteiger partial charge in [0.25, 0.3) is 0 Å². The maximum atomic E-state index is 6.07. The highest BCUT2D eigenvalue weighted by molar-refractivity contribution is 5.35. The van der Waals surface area contributed by atoms with Gasteiger partial charge in [-0.3, -0.25) is 0 Å². The number of hydrogen-bond donors (Lipinski definition) is 1. The predicted octanol–water partition coefficient (Wildman–Crippen LogP) is 2.41. The van der Waals surface area contributed by atoms with Crippen molar-refractivity contribution in [1.29, 1.82) is 0 Å². The molecule has 0 saturated carbocycles. The summed E-state index contributed by atoms with van der Waals surface area (Å²) >= 11 is 0. The van der Waals surface area contributed by atoms with Crippen molar-refractivity contribution in [1.82, 2.24) is 9.55 Å². The topological polar surface area (TPSA) is 53.1 Å². The fourth-order valence-corrected chi connectivity index (χ4v) is 1.82. The second kappa shape index (κ2) is 5.69. The SMILES string of the molecule is CC[C@H](N)c1ccccc1OCc1nccn1C. The zero-order valence-corrected chi connectivity index (χ0v) is 10.8. The number of nitrogens with zero attached hydrogens (tertiary/aromatic N) is 2. The number of para-hydroxylation sites is 1. The summed E-state index contributed by atoms with van der Waals surface area (Å²) < 4.78 is 7.77. The minimum atomic E-state index is 0.0163. The van der Waals surface area contributed by atoms with Crippen LogP contribution in [0.5, 0.6) is 5.75 Å². The maximum absolute atomic E-state index is 6.07. The molecular weight excluding hydrogens is 226 g/mol. The van der Waals surface area contributed by atoms with Gasteiger partial charge in [-0.1, -0.05) is 25.1 Å². The van der Waals surface area contributed by atoms with Crippen molar-refractivity contribution in [2.45, 2.75) is 26.0 Å². The molecule has 1 aromatic heterocycles. The Morgan fingerprint density at radius 1 is 1.39 bits per heavy atom. The minimum Gasteiger partial charge on any atom is -0.485 e. The van der Waals surface area contributed by atoms with Crippen LogP contribution in [0.25, 0.3) is 0 Å². The Balaban J connectivity index is 2.12. The van der Waals surface area contributed by atoms with Gasteiger partial charge in [-0.2, -0.15) is 0 Å². The summed E-state index contributed by atoms with van der Waals surface area (Å²) in [7, 11) is 1.95. The van der Waals surface area contributed by atoms with Gasteiger partial charge in [-0.25, -0.2) is 4.98 Å². The molecule has 0 bridgehead atoms. The van der Waals surface area contributed by atoms with Gasteiger partial charge in [-0.05, 0) is 12.5 Å². The lowest BCUT2D eigenvalue weighted by Gasteiger charge is -2.15. The van der Waals surface area contributed by atoms with Gasteiger partial charge in [0.1, 0.15) is 18.2 Å². The summed E-state index contributed by atoms with van der Waals surface area (Å²) in [6, 6.07) is 7.93. The molecule has 1 aromatic carbocycles. The van der Waals surface area contributed by atoms with Gasteiger partial charge in [-0.15, -0.1) is 0 Å². The van der Waals surface area contributed by atoms with Crippen molar-refractivity contribution in [3.63, 3.8) is 0 Å². The van der Waals surface area contributed by atoms with Crippen LogP contribution in [0, 0.1) is 0 Å². The first-order chi connectivity index (χ1) is 8.72. The standard InChI is InChI=1S/C14H19N3O/c1-3-12(15)11-6-4-5-7-13(11)18-10-14-16-8-9-17(14)2/h4-9,12H,3,10,15H2,1-2H3/t12-/m0/s1. The zero-order chi connectivity index (χ0) is 13.0. The van der Waals surface area contributed by atoms with Gasteiger partial charge >= 0.3 is 0 Å². The first-order valence-electron chi connectivity index (χ1n) is 6.16. The molecule has 1 heterocycles. The maximum Gasteiger partial charge on any atom is 0.146 e. The molecule has 2 rings (SSSR count). The van der Waals surface area contributed by atoms with E-state index in [9.17, 15) is 0 Å². The van der Waals surface area contributed by atoms with Crippen molar-refractivity contribution < 1.29 is 4.74 Å². The fraction of sp³-hybridized carbons (Fsp3) is 0.357. The third kappa shape index (κ3) is 2.71. The number of imidazole rings is 1. The van der Waals surface area contributed by atoms with E-state index < -0.39 is 0 Å². The molecule has 0 fully saturated rings. The summed E-state index contributed by atoms with van der Waals surface area (Å²) in [4.78, 5) is 4.23. The van der Waals surface area contributed by atoms with Gasteiger partial charge in [0.15, 0.2) is 0 Å². The van der Waals surface area contributed by atoms with Crippen LogP contribution in [0.4, 0.5) is 0 Å². The van der Waals surface area contributed by atoms with E-state index in [4.69, 9.17) is 10.5 Å². The van der Waals surface area contributed by atoms with E-state index in [0.29, 0.717) is 6.61 Å². The number of rotatable bonds is 5. The van der Waals surface area contributed by atoms with E-state index >= 15 is 0 Å². The van der Waals surface area contributed by atoms with Gasteiger partial charge in [0.05, 0.1) is 0 Å². The van der Waals surface area contributed by atoms with Crippen molar-refractivity contribution in [2.75, 3.05) is 0 Å². The Hall–Kier alpha value is -1.81. The van der Waals surface area contributed by atoms with Crippen LogP contribution in [0.3, 0.4) is 0 Å². The van der Waals surface area contributed by atoms with Gasteiger partial charge in [0, 0.05) is 31.0 Å². The zero-order valence-electron chi connectivity index (χ0n) is 10.8. The number of benzene rings is 1. The van der Waals surface area contributed by atoms with Crippen molar-refractivity contribution in [2.24, 2.45) is 12.8 Å². The number of nitrogens with two attached hydrogens (primary N) is 1. The van der Waals surface area contributed by atoms with Crippen LogP contribution < -0.4 is 10.5 Å². The smallest absolute Gasteiger partial charge is 0.146 e. The lowest BCUT2D eigenvalue weighted by atomic mass is 10.0. The average Bonchev–Trinajstić information content (AvgIpc) is 2.81. The number of aromatic nitrogens is 2. The van der Waals surface area contributed by atoms with Gasteiger partial charge < -0.3 is 15.0 Å². The van der Waals surface area contributed by atoms with Crippen LogP contribution in [0.15, 0.2) is 36.7 Å². The number of ether oxygens (including phenoxy) is 1. The molecule has 0 amide bonds. The summed E-state index contributed by atoms with van der Waals surface area (Å²) in [6.07, 6.45) is 4.56. The van der Waals surface area contributed by atoms with E-state index in [0.717, 1.165) is 23.6 Å². The lowest BCUT2D eigenvalue weighted by molar-refractivity contribution is 0.287. The molecule has 4 heteroatoms. The normalized spacial score (nSPS) is 12.4. The predicted molar refractivity (Wildman–Crippen MR) is 71.2 cm³/mol. The molecule has 0 unspecified atom stereocenters. The molecule has 18 heavy (non-hydrogen) atoms. The van der Waals surface area contributed by atoms with E-state index in [1.54, 1.807) is 6.20 Å². The molecule has 0 saturated heterocycles. The number of hydrogen-bond acceptors (Lipinski definition) is 3. The Kier molecular flexibility index (Phi) is 3.99. The Bertz CT molecular complexity index is 507.